The largest absolute Gasteiger partial charge is 0.456 e. The molecule has 12 aromatic rings. The van der Waals surface area contributed by atoms with E-state index in [9.17, 15) is 0 Å². The number of fused-ring (bicyclic) bond motifs is 16. The van der Waals surface area contributed by atoms with Crippen LogP contribution in [0, 0.1) is 0 Å². The van der Waals surface area contributed by atoms with Gasteiger partial charge in [0, 0.05) is 65.9 Å². The Morgan fingerprint density at radius 2 is 1.18 bits per heavy atom. The van der Waals surface area contributed by atoms with E-state index >= 15 is 0 Å². The maximum atomic E-state index is 6.58. The third-order valence-corrected chi connectivity index (χ3v) is 13.6. The number of rotatable bonds is 2. The molecule has 4 heterocycles. The van der Waals surface area contributed by atoms with Crippen molar-refractivity contribution in [1.29, 1.82) is 0 Å². The van der Waals surface area contributed by atoms with Gasteiger partial charge in [-0.15, -0.1) is 0 Å². The zero-order chi connectivity index (χ0) is 39.4. The first kappa shape index (κ1) is 32.5. The molecule has 279 valence electrons. The molecule has 0 bridgehead atoms. The minimum absolute atomic E-state index is 0.248. The van der Waals surface area contributed by atoms with Gasteiger partial charge in [0.25, 0.3) is 0 Å². The van der Waals surface area contributed by atoms with Crippen molar-refractivity contribution in [3.63, 3.8) is 0 Å². The van der Waals surface area contributed by atoms with Crippen LogP contribution in [0.1, 0.15) is 25.0 Å². The van der Waals surface area contributed by atoms with Crippen molar-refractivity contribution in [2.45, 2.75) is 19.3 Å². The van der Waals surface area contributed by atoms with Crippen LogP contribution in [0.3, 0.4) is 0 Å². The first-order valence-corrected chi connectivity index (χ1v) is 20.7. The molecule has 0 saturated heterocycles. The zero-order valence-corrected chi connectivity index (χ0v) is 32.9. The minimum atomic E-state index is -0.248. The summed E-state index contributed by atoms with van der Waals surface area (Å²) in [5, 5.41) is 9.41. The fourth-order valence-corrected chi connectivity index (χ4v) is 10.9. The van der Waals surface area contributed by atoms with Gasteiger partial charge in [0.2, 0.25) is 0 Å². The number of benzene rings is 9. The van der Waals surface area contributed by atoms with Crippen LogP contribution in [0.15, 0.2) is 173 Å². The summed E-state index contributed by atoms with van der Waals surface area (Å²) >= 11 is 0. The first-order valence-electron chi connectivity index (χ1n) is 20.7. The van der Waals surface area contributed by atoms with E-state index < -0.39 is 0 Å². The summed E-state index contributed by atoms with van der Waals surface area (Å²) in [5.41, 5.74) is 18.9. The molecule has 0 atom stereocenters. The number of anilines is 3. The van der Waals surface area contributed by atoms with E-state index in [0.29, 0.717) is 0 Å². The van der Waals surface area contributed by atoms with Gasteiger partial charge in [-0.25, -0.2) is 0 Å². The molecule has 0 amide bonds. The highest BCUT2D eigenvalue weighted by molar-refractivity contribution is 6.74. The van der Waals surface area contributed by atoms with Gasteiger partial charge in [0.05, 0.1) is 5.52 Å². The van der Waals surface area contributed by atoms with Crippen molar-refractivity contribution in [2.75, 3.05) is 4.90 Å². The number of aromatic nitrogens is 1. The first-order chi connectivity index (χ1) is 29.5. The second-order valence-electron chi connectivity index (χ2n) is 17.1. The number of hydrogen-bond donors (Lipinski definition) is 1. The van der Waals surface area contributed by atoms with Crippen molar-refractivity contribution in [1.82, 2.24) is 4.98 Å². The minimum Gasteiger partial charge on any atom is -0.456 e. The highest BCUT2D eigenvalue weighted by Gasteiger charge is 2.41. The lowest BCUT2D eigenvalue weighted by Gasteiger charge is -2.37. The average molecular weight is 766 g/mol. The van der Waals surface area contributed by atoms with E-state index in [0.717, 1.165) is 77.4 Å². The van der Waals surface area contributed by atoms with E-state index in [-0.39, 0.29) is 5.41 Å². The van der Waals surface area contributed by atoms with Crippen molar-refractivity contribution >= 4 is 112 Å². The van der Waals surface area contributed by atoms with Gasteiger partial charge in [-0.05, 0) is 98.6 Å². The van der Waals surface area contributed by atoms with Crippen molar-refractivity contribution < 1.29 is 8.83 Å². The molecule has 2 aliphatic rings. The monoisotopic (exact) mass is 765 g/mol. The van der Waals surface area contributed by atoms with Crippen molar-refractivity contribution in [2.24, 2.45) is 0 Å². The predicted molar refractivity (Wildman–Crippen MR) is 251 cm³/mol. The highest BCUT2D eigenvalue weighted by atomic mass is 16.3. The van der Waals surface area contributed by atoms with E-state index in [1.165, 1.54) is 60.4 Å². The molecular formula is C55H34BN2O2. The number of para-hydroxylation sites is 3. The molecule has 3 aromatic heterocycles. The fraction of sp³-hybridized carbons (Fsp3) is 0.0545. The topological polar surface area (TPSA) is 45.3 Å². The number of hydrogen-bond acceptors (Lipinski definition) is 3. The van der Waals surface area contributed by atoms with Gasteiger partial charge in [-0.3, -0.25) is 0 Å². The molecule has 60 heavy (non-hydrogen) atoms. The van der Waals surface area contributed by atoms with Crippen LogP contribution in [0.2, 0.25) is 0 Å². The highest BCUT2D eigenvalue weighted by Crippen LogP contribution is 2.55. The maximum Gasteiger partial charge on any atom is 0.198 e. The van der Waals surface area contributed by atoms with Gasteiger partial charge in [-0.2, -0.15) is 0 Å². The summed E-state index contributed by atoms with van der Waals surface area (Å²) in [5.74, 6) is 0. The fourth-order valence-electron chi connectivity index (χ4n) is 10.9. The summed E-state index contributed by atoms with van der Waals surface area (Å²) in [6.07, 6.45) is 0. The summed E-state index contributed by atoms with van der Waals surface area (Å²) in [6, 6.07) is 59.5. The van der Waals surface area contributed by atoms with Gasteiger partial charge < -0.3 is 18.7 Å². The number of nitrogens with one attached hydrogen (secondary N) is 1. The quantitative estimate of drug-likeness (QED) is 0.178. The normalized spacial score (nSPS) is 14.1. The van der Waals surface area contributed by atoms with Crippen LogP contribution in [-0.4, -0.2) is 12.3 Å². The number of aromatic amines is 1. The maximum absolute atomic E-state index is 6.58. The number of furan rings is 2. The molecule has 0 spiro atoms. The molecule has 0 saturated carbocycles. The van der Waals surface area contributed by atoms with Gasteiger partial charge >= 0.3 is 0 Å². The standard InChI is InChI=1S/C55H34BN2O2/c1-55(2)40-19-8-5-16-35(40)51-41(55)28-45-53(52(51)37-18-11-17-36-50-32-13-4-3-12-30(32)22-24-43(50)57-54(36)37)56-42-29-49-39(34-15-7-10-21-47(34)60-49)27-44(42)58(45)31-23-25-48-38(26-31)33-14-6-9-20-46(33)59-48/h3-29,57H,1-2H3. The van der Waals surface area contributed by atoms with E-state index in [4.69, 9.17) is 8.83 Å². The molecule has 9 aromatic carbocycles. The Bertz CT molecular complexity index is 3860. The third kappa shape index (κ3) is 4.16. The van der Waals surface area contributed by atoms with Gasteiger partial charge in [0.1, 0.15) is 22.3 Å². The Labute approximate surface area is 345 Å². The Morgan fingerprint density at radius 3 is 2.03 bits per heavy atom. The lowest BCUT2D eigenvalue weighted by molar-refractivity contribution is 0.660. The summed E-state index contributed by atoms with van der Waals surface area (Å²) in [4.78, 5) is 6.46. The van der Waals surface area contributed by atoms with E-state index in [1.807, 2.05) is 12.1 Å². The SMILES string of the molecule is CC1(C)c2ccccc2-c2c1cc1c(c2-c2cccc3c2[nH]c2ccc4ccccc4c23)[B]c2cc3oc4ccccc4c3cc2N1c1ccc2oc3ccccc3c2c1. The summed E-state index contributed by atoms with van der Waals surface area (Å²) in [6.45, 7) is 4.78. The van der Waals surface area contributed by atoms with E-state index in [1.54, 1.807) is 0 Å². The predicted octanol–water partition coefficient (Wildman–Crippen LogP) is 13.7. The van der Waals surface area contributed by atoms with Crippen molar-refractivity contribution in [3.05, 3.63) is 175 Å². The molecule has 0 unspecified atom stereocenters. The molecule has 1 aliphatic carbocycles. The lowest BCUT2D eigenvalue weighted by atomic mass is 9.57. The second kappa shape index (κ2) is 11.4. The molecule has 0 fully saturated rings. The zero-order valence-electron chi connectivity index (χ0n) is 32.9. The molecule has 14 rings (SSSR count). The molecular weight excluding hydrogens is 731 g/mol. The Morgan fingerprint density at radius 1 is 0.500 bits per heavy atom. The van der Waals surface area contributed by atoms with Gasteiger partial charge in [-0.1, -0.05) is 129 Å². The van der Waals surface area contributed by atoms with Crippen LogP contribution in [0.5, 0.6) is 0 Å². The van der Waals surface area contributed by atoms with Crippen molar-refractivity contribution in [3.8, 4) is 22.3 Å². The second-order valence-corrected chi connectivity index (χ2v) is 17.1. The molecule has 5 heteroatoms. The smallest absolute Gasteiger partial charge is 0.198 e. The Kier molecular flexibility index (Phi) is 6.15. The van der Waals surface area contributed by atoms with Crippen LogP contribution in [-0.2, 0) is 5.41 Å². The Hall–Kier alpha value is -7.50. The van der Waals surface area contributed by atoms with Crippen LogP contribution in [0.4, 0.5) is 17.1 Å². The molecule has 1 radical (unpaired) electrons. The number of nitrogens with zero attached hydrogens (tertiary/aromatic N) is 1. The summed E-state index contributed by atoms with van der Waals surface area (Å²) < 4.78 is 13.0. The van der Waals surface area contributed by atoms with E-state index in [2.05, 4.69) is 183 Å². The van der Waals surface area contributed by atoms with Crippen LogP contribution in [0.25, 0.3) is 98.7 Å². The Balaban J connectivity index is 1.13. The third-order valence-electron chi connectivity index (χ3n) is 13.6. The van der Waals surface area contributed by atoms with Crippen LogP contribution >= 0.6 is 0 Å². The lowest BCUT2D eigenvalue weighted by Crippen LogP contribution is -2.41. The summed E-state index contributed by atoms with van der Waals surface area (Å²) in [7, 11) is 2.42. The van der Waals surface area contributed by atoms with Gasteiger partial charge in [0.15, 0.2) is 7.28 Å². The average Bonchev–Trinajstić information content (AvgIpc) is 4.02. The molecule has 1 N–H and O–H groups in total. The number of H-pyrrole nitrogens is 1. The molecule has 4 nitrogen and oxygen atoms in total. The molecule has 1 aliphatic heterocycles. The van der Waals surface area contributed by atoms with Crippen LogP contribution < -0.4 is 15.8 Å².